The number of aromatic hydroxyl groups is 1. The Morgan fingerprint density at radius 1 is 0.745 bits per heavy atom. The third kappa shape index (κ3) is 9.63. The monoisotopic (exact) mass is 700 g/mol. The summed E-state index contributed by atoms with van der Waals surface area (Å²) in [5.74, 6) is -5.44. The number of Topliss-reactive ketones (excluding diaryl/α,β-unsaturated/α-hetero) is 4. The molecule has 7 N–H and O–H groups in total. The number of aliphatic hydroxyl groups is 3. The standard InChI is InChI=1S/C40H48N2O9/c1-20-11-9-8-10-12-23(4)40(51)42-34-33(41)39(50)31-28(38(34)49)18-26(7)37(48)32(31)36(47)25(6)17-24(5)35(46)22(3)14-16-27(43)15-13-21(2)30(45)19-29(20)44/h8-14,16-18,20,22,24,27,29,35,43-44,46,48H,15,19,41H2,1-7H3,(H,42,51)/b10-8-,11-9-,16-14-,21-13-,23-12-,25-17-/t20-,22-,24-,27-,29-,35-/m0/s1. The molecular formula is C40H48N2O9. The lowest BCUT2D eigenvalue weighted by Gasteiger charge is -2.24. The zero-order chi connectivity index (χ0) is 38.3. The second-order valence-electron chi connectivity index (χ2n) is 13.4. The van der Waals surface area contributed by atoms with Crippen LogP contribution in [-0.4, -0.2) is 67.8 Å². The number of fused-ring (bicyclic) bond motifs is 18. The molecular weight excluding hydrogens is 652 g/mol. The normalized spacial score (nSPS) is 31.6. The van der Waals surface area contributed by atoms with E-state index >= 15 is 0 Å². The first-order valence-corrected chi connectivity index (χ1v) is 16.8. The van der Waals surface area contributed by atoms with Crippen molar-refractivity contribution < 1.29 is 44.4 Å². The number of benzene rings is 1. The van der Waals surface area contributed by atoms with Crippen LogP contribution in [0.5, 0.6) is 5.75 Å². The molecule has 0 aromatic heterocycles. The van der Waals surface area contributed by atoms with Crippen molar-refractivity contribution in [3.8, 4) is 5.75 Å². The first-order valence-electron chi connectivity index (χ1n) is 16.8. The molecule has 2 aliphatic heterocycles. The van der Waals surface area contributed by atoms with E-state index in [0.717, 1.165) is 0 Å². The smallest absolute Gasteiger partial charge is 0.251 e. The zero-order valence-electron chi connectivity index (χ0n) is 30.1. The average Bonchev–Trinajstić information content (AvgIpc) is 3.09. The Balaban J connectivity index is 2.08. The van der Waals surface area contributed by atoms with Crippen molar-refractivity contribution in [1.29, 1.82) is 0 Å². The van der Waals surface area contributed by atoms with Gasteiger partial charge in [0, 0.05) is 35.3 Å². The summed E-state index contributed by atoms with van der Waals surface area (Å²) in [7, 11) is 0. The molecule has 0 radical (unpaired) electrons. The van der Waals surface area contributed by atoms with Gasteiger partial charge in [-0.2, -0.15) is 0 Å². The highest BCUT2D eigenvalue weighted by Gasteiger charge is 2.38. The maximum Gasteiger partial charge on any atom is 0.251 e. The number of hydrogen-bond acceptors (Lipinski definition) is 10. The predicted octanol–water partition coefficient (Wildman–Crippen LogP) is 4.41. The minimum atomic E-state index is -1.01. The van der Waals surface area contributed by atoms with E-state index < -0.39 is 76.1 Å². The Hall–Kier alpha value is -4.97. The SMILES string of the molecule is C/C1=C/C[C@H](O)/C=C\[C@H](C)[C@H](O)[C@@H](C)/C=C(/C)C(=O)c2c(O)c(C)cc3c2C(=O)C(N)=C(NC(=O)\C(C)=C/C=C\C=C/[C@H](C)[C@@H](O)CC1=O)C3=O. The van der Waals surface area contributed by atoms with Crippen LogP contribution >= 0.6 is 0 Å². The highest BCUT2D eigenvalue weighted by molar-refractivity contribution is 6.31. The first-order chi connectivity index (χ1) is 23.9. The number of amides is 1. The number of nitrogens with two attached hydrogens (primary N) is 1. The van der Waals surface area contributed by atoms with Gasteiger partial charge in [0.2, 0.25) is 11.6 Å². The Morgan fingerprint density at radius 3 is 2.08 bits per heavy atom. The highest BCUT2D eigenvalue weighted by atomic mass is 16.3. The van der Waals surface area contributed by atoms with Crippen LogP contribution < -0.4 is 11.1 Å². The number of allylic oxidation sites excluding steroid dienone is 8. The molecule has 2 heterocycles. The number of nitrogens with one attached hydrogen (secondary N) is 1. The summed E-state index contributed by atoms with van der Waals surface area (Å²) in [5, 5.41) is 45.6. The van der Waals surface area contributed by atoms with Crippen LogP contribution in [0.3, 0.4) is 0 Å². The summed E-state index contributed by atoms with van der Waals surface area (Å²) in [6, 6.07) is 1.26. The minimum Gasteiger partial charge on any atom is -0.507 e. The summed E-state index contributed by atoms with van der Waals surface area (Å²) < 4.78 is 0. The zero-order valence-corrected chi connectivity index (χ0v) is 30.1. The molecule has 4 bridgehead atoms. The number of carbonyl (C=O) groups is 5. The molecule has 1 aromatic rings. The van der Waals surface area contributed by atoms with Gasteiger partial charge in [0.1, 0.15) is 17.1 Å². The van der Waals surface area contributed by atoms with Crippen LogP contribution in [0.1, 0.15) is 91.0 Å². The molecule has 0 saturated heterocycles. The number of hydrogen-bond donors (Lipinski definition) is 6. The van der Waals surface area contributed by atoms with Crippen molar-refractivity contribution in [3.63, 3.8) is 0 Å². The summed E-state index contributed by atoms with van der Waals surface area (Å²) in [4.78, 5) is 66.8. The average molecular weight is 701 g/mol. The fourth-order valence-corrected chi connectivity index (χ4v) is 5.68. The molecule has 3 aliphatic rings. The fraction of sp³-hybridized carbons (Fsp3) is 0.375. The Labute approximate surface area is 298 Å². The molecule has 4 rings (SSSR count). The van der Waals surface area contributed by atoms with Crippen molar-refractivity contribution in [1.82, 2.24) is 5.32 Å². The third-order valence-electron chi connectivity index (χ3n) is 9.20. The lowest BCUT2D eigenvalue weighted by atomic mass is 9.82. The Bertz CT molecular complexity index is 1820. The van der Waals surface area contributed by atoms with Crippen LogP contribution in [0.4, 0.5) is 0 Å². The van der Waals surface area contributed by atoms with Gasteiger partial charge in [0.25, 0.3) is 5.91 Å². The predicted molar refractivity (Wildman–Crippen MR) is 194 cm³/mol. The van der Waals surface area contributed by atoms with Crippen molar-refractivity contribution in [2.24, 2.45) is 23.5 Å². The van der Waals surface area contributed by atoms with Gasteiger partial charge in [0.05, 0.1) is 29.4 Å². The van der Waals surface area contributed by atoms with Gasteiger partial charge in [-0.25, -0.2) is 0 Å². The van der Waals surface area contributed by atoms with E-state index in [2.05, 4.69) is 5.32 Å². The lowest BCUT2D eigenvalue weighted by molar-refractivity contribution is -0.118. The largest absolute Gasteiger partial charge is 0.507 e. The molecule has 6 atom stereocenters. The molecule has 0 fully saturated rings. The Morgan fingerprint density at radius 2 is 1.41 bits per heavy atom. The van der Waals surface area contributed by atoms with Crippen LogP contribution in [0.25, 0.3) is 0 Å². The van der Waals surface area contributed by atoms with Crippen LogP contribution in [0, 0.1) is 24.7 Å². The van der Waals surface area contributed by atoms with E-state index in [9.17, 15) is 44.4 Å². The third-order valence-corrected chi connectivity index (χ3v) is 9.20. The molecule has 51 heavy (non-hydrogen) atoms. The number of aryl methyl sites for hydroxylation is 1. The van der Waals surface area contributed by atoms with Gasteiger partial charge in [-0.1, -0.05) is 75.5 Å². The second-order valence-corrected chi connectivity index (χ2v) is 13.4. The number of phenols is 1. The molecule has 0 saturated carbocycles. The molecule has 0 unspecified atom stereocenters. The van der Waals surface area contributed by atoms with E-state index in [1.807, 2.05) is 0 Å². The summed E-state index contributed by atoms with van der Waals surface area (Å²) in [6.45, 7) is 11.2. The minimum absolute atomic E-state index is 0.0835. The molecule has 0 spiro atoms. The molecule has 11 nitrogen and oxygen atoms in total. The first kappa shape index (κ1) is 40.5. The number of aliphatic hydroxyl groups excluding tert-OH is 3. The van der Waals surface area contributed by atoms with Gasteiger partial charge in [-0.3, -0.25) is 24.0 Å². The van der Waals surface area contributed by atoms with E-state index in [1.165, 1.54) is 45.1 Å². The van der Waals surface area contributed by atoms with Crippen molar-refractivity contribution in [2.75, 3.05) is 0 Å². The number of phenolic OH excluding ortho intramolecular Hbond substituents is 1. The molecule has 272 valence electrons. The van der Waals surface area contributed by atoms with Gasteiger partial charge in [-0.05, 0) is 56.9 Å². The summed E-state index contributed by atoms with van der Waals surface area (Å²) in [5.41, 5.74) is 4.83. The van der Waals surface area contributed by atoms with Gasteiger partial charge < -0.3 is 31.5 Å². The number of carbonyl (C=O) groups excluding carboxylic acids is 5. The maximum absolute atomic E-state index is 13.8. The van der Waals surface area contributed by atoms with Crippen molar-refractivity contribution in [3.05, 3.63) is 111 Å². The van der Waals surface area contributed by atoms with E-state index in [1.54, 1.807) is 64.2 Å². The maximum atomic E-state index is 13.8. The second kappa shape index (κ2) is 17.3. The van der Waals surface area contributed by atoms with Gasteiger partial charge in [-0.15, -0.1) is 0 Å². The van der Waals surface area contributed by atoms with Crippen LogP contribution in [-0.2, 0) is 9.59 Å². The molecule has 1 amide bonds. The summed E-state index contributed by atoms with van der Waals surface area (Å²) >= 11 is 0. The highest BCUT2D eigenvalue weighted by Crippen LogP contribution is 2.36. The number of ketones is 4. The van der Waals surface area contributed by atoms with E-state index in [4.69, 9.17) is 5.73 Å². The topological polar surface area (TPSA) is 204 Å². The van der Waals surface area contributed by atoms with Crippen molar-refractivity contribution >= 4 is 29.0 Å². The Kier molecular flexibility index (Phi) is 13.7. The van der Waals surface area contributed by atoms with Gasteiger partial charge in [0.15, 0.2) is 11.6 Å². The van der Waals surface area contributed by atoms with Crippen molar-refractivity contribution in [2.45, 2.75) is 79.6 Å². The quantitative estimate of drug-likeness (QED) is 0.210. The molecule has 1 aromatic carbocycles. The van der Waals surface area contributed by atoms with Crippen LogP contribution in [0.15, 0.2) is 88.9 Å². The lowest BCUT2D eigenvalue weighted by Crippen LogP contribution is -2.37. The van der Waals surface area contributed by atoms with E-state index in [0.29, 0.717) is 5.57 Å². The van der Waals surface area contributed by atoms with Gasteiger partial charge >= 0.3 is 0 Å². The summed E-state index contributed by atoms with van der Waals surface area (Å²) in [6.07, 6.45) is 11.3. The van der Waals surface area contributed by atoms with Crippen LogP contribution in [0.2, 0.25) is 0 Å². The fourth-order valence-electron chi connectivity index (χ4n) is 5.68. The number of rotatable bonds is 0. The molecule has 1 aliphatic carbocycles. The molecule has 11 heteroatoms. The van der Waals surface area contributed by atoms with E-state index in [-0.39, 0.29) is 52.4 Å².